The Bertz CT molecular complexity index is 530. The summed E-state index contributed by atoms with van der Waals surface area (Å²) < 4.78 is 33.5. The zero-order chi connectivity index (χ0) is 13.9. The Hall–Kier alpha value is -1.76. The zero-order valence-electron chi connectivity index (χ0n) is 10.6. The van der Waals surface area contributed by atoms with Gasteiger partial charge in [-0.3, -0.25) is 4.79 Å². The second kappa shape index (κ2) is 5.26. The summed E-state index contributed by atoms with van der Waals surface area (Å²) in [6.07, 6.45) is 0.951. The molecule has 0 fully saturated rings. The molecule has 0 radical (unpaired) electrons. The first kappa shape index (κ1) is 14.3. The molecule has 0 aliphatic carbocycles. The van der Waals surface area contributed by atoms with Crippen molar-refractivity contribution in [2.24, 2.45) is 0 Å². The Morgan fingerprint density at radius 2 is 1.61 bits per heavy atom. The van der Waals surface area contributed by atoms with Gasteiger partial charge in [0.15, 0.2) is 0 Å². The topological polar surface area (TPSA) is 72.9 Å². The van der Waals surface area contributed by atoms with E-state index < -0.39 is 15.9 Å². The highest BCUT2D eigenvalue weighted by Crippen LogP contribution is 2.29. The van der Waals surface area contributed by atoms with Crippen molar-refractivity contribution in [1.29, 1.82) is 0 Å². The summed E-state index contributed by atoms with van der Waals surface area (Å²) in [5, 5.41) is 0. The van der Waals surface area contributed by atoms with Gasteiger partial charge < -0.3 is 9.47 Å². The summed E-state index contributed by atoms with van der Waals surface area (Å²) in [4.78, 5) is 12.1. The van der Waals surface area contributed by atoms with Crippen LogP contribution in [-0.2, 0) is 10.0 Å². The Morgan fingerprint density at radius 3 is 1.94 bits per heavy atom. The number of nitrogens with zero attached hydrogens (tertiary/aromatic N) is 1. The van der Waals surface area contributed by atoms with E-state index in [1.165, 1.54) is 21.3 Å². The third-order valence-electron chi connectivity index (χ3n) is 2.43. The average Bonchev–Trinajstić information content (AvgIpc) is 2.34. The predicted molar refractivity (Wildman–Crippen MR) is 66.5 cm³/mol. The van der Waals surface area contributed by atoms with Gasteiger partial charge in [0.2, 0.25) is 10.0 Å². The van der Waals surface area contributed by atoms with Crippen LogP contribution >= 0.6 is 0 Å². The number of rotatable bonds is 4. The van der Waals surface area contributed by atoms with Crippen molar-refractivity contribution in [3.05, 3.63) is 23.8 Å². The normalized spacial score (nSPS) is 10.9. The second-order valence-electron chi connectivity index (χ2n) is 3.57. The molecule has 1 amide bonds. The van der Waals surface area contributed by atoms with Crippen LogP contribution in [0.3, 0.4) is 0 Å². The van der Waals surface area contributed by atoms with Crippen molar-refractivity contribution in [3.8, 4) is 11.5 Å². The number of sulfonamides is 1. The Kier molecular flexibility index (Phi) is 4.18. The van der Waals surface area contributed by atoms with Crippen molar-refractivity contribution >= 4 is 15.9 Å². The summed E-state index contributed by atoms with van der Waals surface area (Å²) in [7, 11) is 0.346. The molecular formula is C11H15NO5S. The Morgan fingerprint density at radius 1 is 1.17 bits per heavy atom. The lowest BCUT2D eigenvalue weighted by Gasteiger charge is -2.18. The van der Waals surface area contributed by atoms with Crippen molar-refractivity contribution in [2.45, 2.75) is 0 Å². The number of hydrogen-bond donors (Lipinski definition) is 0. The molecule has 100 valence electrons. The molecule has 0 saturated heterocycles. The summed E-state index contributed by atoms with van der Waals surface area (Å²) in [5.41, 5.74) is 0.0791. The molecule has 0 aromatic heterocycles. The van der Waals surface area contributed by atoms with E-state index in [0.29, 0.717) is 4.31 Å². The first-order valence-corrected chi connectivity index (χ1v) is 6.87. The zero-order valence-corrected chi connectivity index (χ0v) is 11.4. The van der Waals surface area contributed by atoms with Crippen molar-refractivity contribution in [3.63, 3.8) is 0 Å². The number of carbonyl (C=O) groups excluding carboxylic acids is 1. The van der Waals surface area contributed by atoms with Crippen LogP contribution in [0.1, 0.15) is 10.4 Å². The van der Waals surface area contributed by atoms with E-state index in [2.05, 4.69) is 0 Å². The molecule has 1 aromatic rings. The first-order valence-electron chi connectivity index (χ1n) is 5.02. The molecule has 1 aromatic carbocycles. The van der Waals surface area contributed by atoms with Gasteiger partial charge in [0, 0.05) is 7.05 Å². The van der Waals surface area contributed by atoms with Crippen LogP contribution < -0.4 is 9.47 Å². The van der Waals surface area contributed by atoms with Gasteiger partial charge in [-0.1, -0.05) is 6.07 Å². The second-order valence-corrected chi connectivity index (χ2v) is 5.59. The van der Waals surface area contributed by atoms with E-state index >= 15 is 0 Å². The summed E-state index contributed by atoms with van der Waals surface area (Å²) in [6.45, 7) is 0. The van der Waals surface area contributed by atoms with Crippen LogP contribution in [0.2, 0.25) is 0 Å². The van der Waals surface area contributed by atoms with Gasteiger partial charge in [-0.15, -0.1) is 0 Å². The van der Waals surface area contributed by atoms with Crippen LogP contribution in [-0.4, -0.2) is 46.2 Å². The summed E-state index contributed by atoms with van der Waals surface area (Å²) in [6, 6.07) is 4.77. The Balaban J connectivity index is 3.36. The third-order valence-corrected chi connectivity index (χ3v) is 3.59. The van der Waals surface area contributed by atoms with E-state index in [1.807, 2.05) is 0 Å². The van der Waals surface area contributed by atoms with E-state index in [1.54, 1.807) is 18.2 Å². The van der Waals surface area contributed by atoms with Crippen LogP contribution in [0.5, 0.6) is 11.5 Å². The van der Waals surface area contributed by atoms with E-state index in [9.17, 15) is 13.2 Å². The van der Waals surface area contributed by atoms with Crippen molar-refractivity contribution in [1.82, 2.24) is 4.31 Å². The number of hydrogen-bond acceptors (Lipinski definition) is 5. The lowest BCUT2D eigenvalue weighted by molar-refractivity contribution is 0.0877. The molecule has 0 unspecified atom stereocenters. The molecule has 0 bridgehead atoms. The fourth-order valence-corrected chi connectivity index (χ4v) is 1.76. The van der Waals surface area contributed by atoms with Crippen LogP contribution in [0.25, 0.3) is 0 Å². The SMILES string of the molecule is COc1cccc(OC)c1C(=O)N(C)S(C)(=O)=O. The lowest BCUT2D eigenvalue weighted by atomic mass is 10.1. The highest BCUT2D eigenvalue weighted by molar-refractivity contribution is 7.88. The number of ether oxygens (including phenoxy) is 2. The van der Waals surface area contributed by atoms with Crippen LogP contribution in [0.4, 0.5) is 0 Å². The molecule has 0 spiro atoms. The monoisotopic (exact) mass is 273 g/mol. The molecule has 18 heavy (non-hydrogen) atoms. The molecule has 0 atom stereocenters. The number of carbonyl (C=O) groups is 1. The van der Waals surface area contributed by atoms with E-state index in [-0.39, 0.29) is 17.1 Å². The number of amides is 1. The molecule has 0 aliphatic heterocycles. The molecule has 1 rings (SSSR count). The van der Waals surface area contributed by atoms with Gasteiger partial charge in [-0.25, -0.2) is 12.7 Å². The van der Waals surface area contributed by atoms with Crippen LogP contribution in [0.15, 0.2) is 18.2 Å². The van der Waals surface area contributed by atoms with Gasteiger partial charge in [0.25, 0.3) is 5.91 Å². The smallest absolute Gasteiger partial charge is 0.274 e. The molecule has 7 heteroatoms. The molecule has 0 saturated carbocycles. The highest BCUT2D eigenvalue weighted by atomic mass is 32.2. The molecule has 6 nitrogen and oxygen atoms in total. The maximum Gasteiger partial charge on any atom is 0.274 e. The minimum Gasteiger partial charge on any atom is -0.496 e. The van der Waals surface area contributed by atoms with Gasteiger partial charge in [-0.05, 0) is 12.1 Å². The number of methoxy groups -OCH3 is 2. The predicted octanol–water partition coefficient (Wildman–Crippen LogP) is 0.735. The number of benzene rings is 1. The molecule has 0 N–H and O–H groups in total. The van der Waals surface area contributed by atoms with Gasteiger partial charge in [-0.2, -0.15) is 0 Å². The summed E-state index contributed by atoms with van der Waals surface area (Å²) >= 11 is 0. The van der Waals surface area contributed by atoms with Crippen molar-refractivity contribution < 1.29 is 22.7 Å². The minimum atomic E-state index is -3.63. The van der Waals surface area contributed by atoms with E-state index in [0.717, 1.165) is 6.26 Å². The van der Waals surface area contributed by atoms with E-state index in [4.69, 9.17) is 9.47 Å². The maximum absolute atomic E-state index is 12.1. The third kappa shape index (κ3) is 2.73. The maximum atomic E-state index is 12.1. The molecular weight excluding hydrogens is 258 g/mol. The summed E-state index contributed by atoms with van der Waals surface area (Å²) in [5.74, 6) is -0.184. The van der Waals surface area contributed by atoms with Gasteiger partial charge in [0.1, 0.15) is 17.1 Å². The lowest BCUT2D eigenvalue weighted by Crippen LogP contribution is -2.32. The standard InChI is InChI=1S/C11H15NO5S/c1-12(18(4,14)15)11(13)10-8(16-2)6-5-7-9(10)17-3/h5-7H,1-4H3. The van der Waals surface area contributed by atoms with Crippen molar-refractivity contribution in [2.75, 3.05) is 27.5 Å². The molecule has 0 aliphatic rings. The largest absolute Gasteiger partial charge is 0.496 e. The fraction of sp³-hybridized carbons (Fsp3) is 0.364. The molecule has 0 heterocycles. The first-order chi connectivity index (χ1) is 8.32. The van der Waals surface area contributed by atoms with Crippen LogP contribution in [0, 0.1) is 0 Å². The van der Waals surface area contributed by atoms with Gasteiger partial charge >= 0.3 is 0 Å². The minimum absolute atomic E-state index is 0.0791. The fourth-order valence-electron chi connectivity index (χ4n) is 1.37. The van der Waals surface area contributed by atoms with Gasteiger partial charge in [0.05, 0.1) is 20.5 Å². The Labute approximate surface area is 106 Å². The quantitative estimate of drug-likeness (QED) is 0.809. The highest BCUT2D eigenvalue weighted by Gasteiger charge is 2.26. The average molecular weight is 273 g/mol.